The molecule has 3 aromatic rings. The summed E-state index contributed by atoms with van der Waals surface area (Å²) in [6.07, 6.45) is 5.46. The molecule has 0 fully saturated rings. The minimum Gasteiger partial charge on any atom is -0.389 e. The van der Waals surface area contributed by atoms with E-state index >= 15 is 0 Å². The number of aromatic nitrogens is 3. The molecule has 0 aliphatic rings. The summed E-state index contributed by atoms with van der Waals surface area (Å²) < 4.78 is 2.04. The van der Waals surface area contributed by atoms with Crippen molar-refractivity contribution in [3.05, 3.63) is 72.2 Å². The number of benzene rings is 1. The lowest BCUT2D eigenvalue weighted by atomic mass is 10.1. The smallest absolute Gasteiger partial charge is 0.158 e. The third-order valence-corrected chi connectivity index (χ3v) is 3.45. The molecule has 1 aromatic carbocycles. The van der Waals surface area contributed by atoms with E-state index in [4.69, 9.17) is 18.0 Å². The van der Waals surface area contributed by atoms with Gasteiger partial charge in [-0.1, -0.05) is 42.5 Å². The minimum atomic E-state index is 0.408. The predicted octanol–water partition coefficient (Wildman–Crippen LogP) is 2.63. The fourth-order valence-corrected chi connectivity index (χ4v) is 2.45. The largest absolute Gasteiger partial charge is 0.389 e. The Bertz CT molecular complexity index is 765. The van der Waals surface area contributed by atoms with E-state index in [1.165, 1.54) is 0 Å². The van der Waals surface area contributed by atoms with Crippen molar-refractivity contribution in [3.63, 3.8) is 0 Å². The van der Waals surface area contributed by atoms with Crippen LogP contribution in [0.4, 0.5) is 0 Å². The number of hydrogen-bond donors (Lipinski definition) is 1. The number of thiocarbonyl (C=S) groups is 1. The van der Waals surface area contributed by atoms with Crippen LogP contribution in [-0.2, 0) is 6.54 Å². The molecule has 104 valence electrons. The zero-order valence-electron chi connectivity index (χ0n) is 11.3. The number of hydrogen-bond acceptors (Lipinski definition) is 3. The van der Waals surface area contributed by atoms with Crippen molar-refractivity contribution < 1.29 is 0 Å². The van der Waals surface area contributed by atoms with E-state index in [9.17, 15) is 0 Å². The van der Waals surface area contributed by atoms with Gasteiger partial charge in [0.05, 0.1) is 0 Å². The molecule has 0 saturated carbocycles. The quantitative estimate of drug-likeness (QED) is 0.752. The van der Waals surface area contributed by atoms with Crippen LogP contribution < -0.4 is 5.73 Å². The van der Waals surface area contributed by atoms with E-state index in [-0.39, 0.29) is 0 Å². The first kappa shape index (κ1) is 13.5. The molecular formula is C16H14N4S. The third kappa shape index (κ3) is 2.83. The summed E-state index contributed by atoms with van der Waals surface area (Å²) in [6.45, 7) is 0.652. The fraction of sp³-hybridized carbons (Fsp3) is 0.0625. The molecule has 2 heterocycles. The number of imidazole rings is 1. The number of nitrogens with zero attached hydrogens (tertiary/aromatic N) is 3. The highest BCUT2D eigenvalue weighted by Gasteiger charge is 2.10. The van der Waals surface area contributed by atoms with Crippen molar-refractivity contribution in [1.29, 1.82) is 0 Å². The molecule has 0 radical (unpaired) electrons. The van der Waals surface area contributed by atoms with E-state index in [0.717, 1.165) is 22.6 Å². The van der Waals surface area contributed by atoms with Gasteiger partial charge < -0.3 is 10.3 Å². The Hall–Kier alpha value is -2.53. The van der Waals surface area contributed by atoms with Gasteiger partial charge >= 0.3 is 0 Å². The summed E-state index contributed by atoms with van der Waals surface area (Å²) in [5, 5.41) is 0. The third-order valence-electron chi connectivity index (χ3n) is 3.23. The van der Waals surface area contributed by atoms with Gasteiger partial charge in [0.25, 0.3) is 0 Å². The molecule has 0 saturated heterocycles. The zero-order valence-corrected chi connectivity index (χ0v) is 12.1. The monoisotopic (exact) mass is 294 g/mol. The number of pyridine rings is 1. The second-order valence-electron chi connectivity index (χ2n) is 4.62. The summed E-state index contributed by atoms with van der Waals surface area (Å²) in [7, 11) is 0. The Kier molecular flexibility index (Phi) is 3.75. The van der Waals surface area contributed by atoms with Crippen LogP contribution in [0.2, 0.25) is 0 Å². The van der Waals surface area contributed by atoms with Crippen molar-refractivity contribution in [3.8, 4) is 11.5 Å². The maximum atomic E-state index is 5.79. The second kappa shape index (κ2) is 5.85. The molecule has 0 unspecified atom stereocenters. The van der Waals surface area contributed by atoms with Gasteiger partial charge in [0.2, 0.25) is 0 Å². The van der Waals surface area contributed by atoms with E-state index in [1.807, 2.05) is 53.2 Å². The van der Waals surface area contributed by atoms with Crippen molar-refractivity contribution in [1.82, 2.24) is 14.5 Å². The molecule has 21 heavy (non-hydrogen) atoms. The van der Waals surface area contributed by atoms with Gasteiger partial charge in [-0.25, -0.2) is 4.98 Å². The molecule has 0 bridgehead atoms. The van der Waals surface area contributed by atoms with Crippen molar-refractivity contribution >= 4 is 17.2 Å². The Morgan fingerprint density at radius 3 is 2.62 bits per heavy atom. The van der Waals surface area contributed by atoms with Crippen molar-refractivity contribution in [2.45, 2.75) is 6.54 Å². The van der Waals surface area contributed by atoms with Gasteiger partial charge in [0, 0.05) is 30.7 Å². The van der Waals surface area contributed by atoms with Crippen LogP contribution in [-0.4, -0.2) is 19.5 Å². The SMILES string of the molecule is NC(=S)c1ccccc1Cn1ccnc1-c1ccccn1. The number of nitrogens with two attached hydrogens (primary N) is 1. The lowest BCUT2D eigenvalue weighted by Crippen LogP contribution is -2.14. The first-order valence-electron chi connectivity index (χ1n) is 6.56. The molecule has 0 aliphatic heterocycles. The van der Waals surface area contributed by atoms with Crippen LogP contribution in [0.1, 0.15) is 11.1 Å². The van der Waals surface area contributed by atoms with Crippen LogP contribution in [0.15, 0.2) is 61.1 Å². The molecule has 2 N–H and O–H groups in total. The lowest BCUT2D eigenvalue weighted by molar-refractivity contribution is 0.802. The summed E-state index contributed by atoms with van der Waals surface area (Å²) >= 11 is 5.11. The highest BCUT2D eigenvalue weighted by molar-refractivity contribution is 7.80. The summed E-state index contributed by atoms with van der Waals surface area (Å²) in [4.78, 5) is 9.15. The van der Waals surface area contributed by atoms with E-state index in [2.05, 4.69) is 9.97 Å². The van der Waals surface area contributed by atoms with Crippen LogP contribution in [0.5, 0.6) is 0 Å². The molecule has 2 aromatic heterocycles. The van der Waals surface area contributed by atoms with Crippen molar-refractivity contribution in [2.75, 3.05) is 0 Å². The average Bonchev–Trinajstić information content (AvgIpc) is 2.96. The predicted molar refractivity (Wildman–Crippen MR) is 86.9 cm³/mol. The molecule has 3 rings (SSSR count). The van der Waals surface area contributed by atoms with Gasteiger partial charge in [-0.2, -0.15) is 0 Å². The molecule has 0 spiro atoms. The highest BCUT2D eigenvalue weighted by Crippen LogP contribution is 2.17. The van der Waals surface area contributed by atoms with Gasteiger partial charge in [-0.15, -0.1) is 0 Å². The lowest BCUT2D eigenvalue weighted by Gasteiger charge is -2.11. The van der Waals surface area contributed by atoms with E-state index in [0.29, 0.717) is 11.5 Å². The summed E-state index contributed by atoms with van der Waals surface area (Å²) in [5.41, 5.74) is 8.60. The molecule has 4 nitrogen and oxygen atoms in total. The fourth-order valence-electron chi connectivity index (χ4n) is 2.25. The van der Waals surface area contributed by atoms with E-state index in [1.54, 1.807) is 12.4 Å². The zero-order chi connectivity index (χ0) is 14.7. The Morgan fingerprint density at radius 1 is 1.05 bits per heavy atom. The number of rotatable bonds is 4. The molecule has 5 heteroatoms. The van der Waals surface area contributed by atoms with Gasteiger partial charge in [0.1, 0.15) is 10.7 Å². The standard InChI is InChI=1S/C16H14N4S/c17-15(21)13-6-2-1-5-12(13)11-20-10-9-19-16(20)14-7-3-4-8-18-14/h1-10H,11H2,(H2,17,21). The van der Waals surface area contributed by atoms with Gasteiger partial charge in [-0.3, -0.25) is 4.98 Å². The highest BCUT2D eigenvalue weighted by atomic mass is 32.1. The molecular weight excluding hydrogens is 280 g/mol. The Labute approximate surface area is 128 Å². The second-order valence-corrected chi connectivity index (χ2v) is 5.05. The average molecular weight is 294 g/mol. The van der Waals surface area contributed by atoms with Gasteiger partial charge in [0.15, 0.2) is 5.82 Å². The first-order chi connectivity index (χ1) is 10.3. The Balaban J connectivity index is 1.98. The van der Waals surface area contributed by atoms with Crippen LogP contribution in [0.25, 0.3) is 11.5 Å². The summed E-state index contributed by atoms with van der Waals surface area (Å²) in [6, 6.07) is 13.7. The van der Waals surface area contributed by atoms with Crippen LogP contribution >= 0.6 is 12.2 Å². The molecule has 0 amide bonds. The van der Waals surface area contributed by atoms with Crippen LogP contribution in [0, 0.1) is 0 Å². The maximum Gasteiger partial charge on any atom is 0.158 e. The Morgan fingerprint density at radius 2 is 1.86 bits per heavy atom. The minimum absolute atomic E-state index is 0.408. The normalized spacial score (nSPS) is 10.5. The topological polar surface area (TPSA) is 56.7 Å². The molecule has 0 atom stereocenters. The van der Waals surface area contributed by atoms with Crippen molar-refractivity contribution in [2.24, 2.45) is 5.73 Å². The summed E-state index contributed by atoms with van der Waals surface area (Å²) in [5.74, 6) is 0.827. The first-order valence-corrected chi connectivity index (χ1v) is 6.97. The van der Waals surface area contributed by atoms with E-state index < -0.39 is 0 Å². The van der Waals surface area contributed by atoms with Crippen LogP contribution in [0.3, 0.4) is 0 Å². The van der Waals surface area contributed by atoms with Gasteiger partial charge in [-0.05, 0) is 17.7 Å². The molecule has 0 aliphatic carbocycles. The maximum absolute atomic E-state index is 5.79.